The van der Waals surface area contributed by atoms with Gasteiger partial charge in [0.2, 0.25) is 0 Å². The molecule has 0 saturated carbocycles. The Kier molecular flexibility index (Phi) is 5.03. The van der Waals surface area contributed by atoms with Gasteiger partial charge in [-0.05, 0) is 36.6 Å². The van der Waals surface area contributed by atoms with E-state index in [9.17, 15) is 13.2 Å². The Labute approximate surface area is 157 Å². The lowest BCUT2D eigenvalue weighted by atomic mass is 10.1. The second kappa shape index (κ2) is 7.09. The van der Waals surface area contributed by atoms with Gasteiger partial charge in [0, 0.05) is 18.2 Å². The molecule has 0 spiro atoms. The van der Waals surface area contributed by atoms with Crippen molar-refractivity contribution in [2.45, 2.75) is 11.8 Å². The largest absolute Gasteiger partial charge is 0.308 e. The molecule has 3 aromatic rings. The Morgan fingerprint density at radius 3 is 2.42 bits per heavy atom. The van der Waals surface area contributed by atoms with Gasteiger partial charge in [-0.2, -0.15) is 0 Å². The highest BCUT2D eigenvalue weighted by atomic mass is 35.5. The number of carbonyl (C=O) groups excluding carboxylic acids is 1. The third-order valence-electron chi connectivity index (χ3n) is 4.22. The summed E-state index contributed by atoms with van der Waals surface area (Å²) in [5.41, 5.74) is 0.931. The van der Waals surface area contributed by atoms with Crippen LogP contribution in [0.3, 0.4) is 0 Å². The highest BCUT2D eigenvalue weighted by Gasteiger charge is 2.22. The quantitative estimate of drug-likeness (QED) is 0.659. The Morgan fingerprint density at radius 2 is 1.73 bits per heavy atom. The zero-order valence-electron chi connectivity index (χ0n) is 14.4. The summed E-state index contributed by atoms with van der Waals surface area (Å²) in [6.45, 7) is 2.29. The van der Waals surface area contributed by atoms with E-state index in [2.05, 4.69) is 0 Å². The molecule has 0 saturated heterocycles. The first kappa shape index (κ1) is 18.4. The highest BCUT2D eigenvalue weighted by Crippen LogP contribution is 2.30. The molecule has 6 heteroatoms. The van der Waals surface area contributed by atoms with Crippen molar-refractivity contribution >= 4 is 43.8 Å². The zero-order valence-corrected chi connectivity index (χ0v) is 16.0. The van der Waals surface area contributed by atoms with Crippen LogP contribution in [0.1, 0.15) is 17.3 Å². The summed E-state index contributed by atoms with van der Waals surface area (Å²) in [5.74, 6) is -0.334. The summed E-state index contributed by atoms with van der Waals surface area (Å²) in [6.07, 6.45) is 1.10. The number of hydrogen-bond donors (Lipinski definition) is 0. The van der Waals surface area contributed by atoms with E-state index in [0.717, 1.165) is 22.7 Å². The number of sulfone groups is 1. The van der Waals surface area contributed by atoms with Crippen LogP contribution >= 0.6 is 11.6 Å². The summed E-state index contributed by atoms with van der Waals surface area (Å²) < 4.78 is 23.7. The van der Waals surface area contributed by atoms with Crippen LogP contribution in [0.4, 0.5) is 5.69 Å². The minimum absolute atomic E-state index is 0.0687. The standard InChI is InChI=1S/C20H18ClNO3S/c1-3-22(19-10-6-8-14-7-4-5-9-16(14)19)20(23)17-13-15(26(2,24)25)11-12-18(17)21/h4-13H,3H2,1-2H3. The van der Waals surface area contributed by atoms with E-state index in [-0.39, 0.29) is 21.4 Å². The zero-order chi connectivity index (χ0) is 18.9. The first-order valence-corrected chi connectivity index (χ1v) is 10.4. The number of fused-ring (bicyclic) bond motifs is 1. The number of amides is 1. The van der Waals surface area contributed by atoms with Crippen molar-refractivity contribution in [2.24, 2.45) is 0 Å². The van der Waals surface area contributed by atoms with Gasteiger partial charge in [0.05, 0.1) is 21.2 Å². The van der Waals surface area contributed by atoms with Gasteiger partial charge in [0.25, 0.3) is 5.91 Å². The van der Waals surface area contributed by atoms with Crippen LogP contribution in [-0.4, -0.2) is 27.1 Å². The Morgan fingerprint density at radius 1 is 1.04 bits per heavy atom. The summed E-state index contributed by atoms with van der Waals surface area (Å²) in [7, 11) is -3.44. The maximum Gasteiger partial charge on any atom is 0.259 e. The average Bonchev–Trinajstić information content (AvgIpc) is 2.62. The van der Waals surface area contributed by atoms with Gasteiger partial charge in [0.15, 0.2) is 9.84 Å². The lowest BCUT2D eigenvalue weighted by molar-refractivity contribution is 0.0988. The topological polar surface area (TPSA) is 54.5 Å². The second-order valence-corrected chi connectivity index (χ2v) is 8.38. The van der Waals surface area contributed by atoms with Gasteiger partial charge < -0.3 is 4.90 Å². The lowest BCUT2D eigenvalue weighted by Gasteiger charge is -2.23. The number of halogens is 1. The maximum absolute atomic E-state index is 13.2. The first-order chi connectivity index (χ1) is 12.3. The molecule has 0 atom stereocenters. The molecule has 0 fully saturated rings. The van der Waals surface area contributed by atoms with E-state index in [1.54, 1.807) is 4.90 Å². The number of benzene rings is 3. The number of hydrogen-bond acceptors (Lipinski definition) is 3. The van der Waals surface area contributed by atoms with Crippen molar-refractivity contribution in [1.82, 2.24) is 0 Å². The van der Waals surface area contributed by atoms with Crippen molar-refractivity contribution in [3.63, 3.8) is 0 Å². The van der Waals surface area contributed by atoms with Crippen LogP contribution in [0.2, 0.25) is 5.02 Å². The minimum Gasteiger partial charge on any atom is -0.308 e. The third kappa shape index (κ3) is 3.45. The summed E-state index contributed by atoms with van der Waals surface area (Å²) in [5, 5.41) is 2.19. The Hall–Kier alpha value is -2.37. The summed E-state index contributed by atoms with van der Waals surface area (Å²) >= 11 is 6.21. The molecular formula is C20H18ClNO3S. The molecule has 0 aliphatic carbocycles. The Bertz CT molecular complexity index is 1090. The molecule has 0 unspecified atom stereocenters. The van der Waals surface area contributed by atoms with E-state index in [1.165, 1.54) is 18.2 Å². The van der Waals surface area contributed by atoms with Crippen molar-refractivity contribution < 1.29 is 13.2 Å². The molecule has 0 bridgehead atoms. The van der Waals surface area contributed by atoms with Crippen molar-refractivity contribution in [3.8, 4) is 0 Å². The Balaban J connectivity index is 2.13. The first-order valence-electron chi connectivity index (χ1n) is 8.12. The van der Waals surface area contributed by atoms with Crippen molar-refractivity contribution in [1.29, 1.82) is 0 Å². The van der Waals surface area contributed by atoms with Crippen molar-refractivity contribution in [2.75, 3.05) is 17.7 Å². The highest BCUT2D eigenvalue weighted by molar-refractivity contribution is 7.90. The molecule has 0 aliphatic rings. The van der Waals surface area contributed by atoms with Gasteiger partial charge in [-0.25, -0.2) is 8.42 Å². The molecule has 0 radical (unpaired) electrons. The molecule has 26 heavy (non-hydrogen) atoms. The van der Waals surface area contributed by atoms with Gasteiger partial charge in [-0.3, -0.25) is 4.79 Å². The van der Waals surface area contributed by atoms with E-state index in [1.807, 2.05) is 49.4 Å². The smallest absolute Gasteiger partial charge is 0.259 e. The molecule has 134 valence electrons. The van der Waals surface area contributed by atoms with Crippen molar-refractivity contribution in [3.05, 3.63) is 71.2 Å². The predicted molar refractivity (Wildman–Crippen MR) is 106 cm³/mol. The maximum atomic E-state index is 13.2. The molecule has 0 N–H and O–H groups in total. The molecule has 0 heterocycles. The van der Waals surface area contributed by atoms with Gasteiger partial charge >= 0.3 is 0 Å². The minimum atomic E-state index is -3.44. The van der Waals surface area contributed by atoms with E-state index < -0.39 is 9.84 Å². The fraction of sp³-hybridized carbons (Fsp3) is 0.150. The molecule has 3 aromatic carbocycles. The molecule has 0 aliphatic heterocycles. The molecule has 0 aromatic heterocycles. The van der Waals surface area contributed by atoms with E-state index >= 15 is 0 Å². The monoisotopic (exact) mass is 387 g/mol. The van der Waals surface area contributed by atoms with Crippen LogP contribution in [0.5, 0.6) is 0 Å². The molecule has 3 rings (SSSR count). The van der Waals surface area contributed by atoms with Gasteiger partial charge in [-0.15, -0.1) is 0 Å². The second-order valence-electron chi connectivity index (χ2n) is 5.96. The predicted octanol–water partition coefficient (Wildman–Crippen LogP) is 4.56. The van der Waals surface area contributed by atoms with Crippen LogP contribution < -0.4 is 4.90 Å². The fourth-order valence-corrected chi connectivity index (χ4v) is 3.76. The number of rotatable bonds is 4. The normalized spacial score (nSPS) is 11.5. The summed E-state index contributed by atoms with van der Waals surface area (Å²) in [6, 6.07) is 17.7. The SMILES string of the molecule is CCN(C(=O)c1cc(S(C)(=O)=O)ccc1Cl)c1cccc2ccccc12. The van der Waals surface area contributed by atoms with E-state index in [4.69, 9.17) is 11.6 Å². The number of anilines is 1. The van der Waals surface area contributed by atoms with E-state index in [0.29, 0.717) is 6.54 Å². The average molecular weight is 388 g/mol. The van der Waals surface area contributed by atoms with Crippen LogP contribution in [-0.2, 0) is 9.84 Å². The molecular weight excluding hydrogens is 370 g/mol. The van der Waals surface area contributed by atoms with Crippen LogP contribution in [0.15, 0.2) is 65.6 Å². The van der Waals surface area contributed by atoms with Gasteiger partial charge in [-0.1, -0.05) is 48.0 Å². The van der Waals surface area contributed by atoms with Crippen LogP contribution in [0.25, 0.3) is 10.8 Å². The van der Waals surface area contributed by atoms with Crippen LogP contribution in [0, 0.1) is 0 Å². The third-order valence-corrected chi connectivity index (χ3v) is 5.66. The molecule has 1 amide bonds. The molecule has 4 nitrogen and oxygen atoms in total. The fourth-order valence-electron chi connectivity index (χ4n) is 2.91. The van der Waals surface area contributed by atoms with Gasteiger partial charge in [0.1, 0.15) is 0 Å². The lowest BCUT2D eigenvalue weighted by Crippen LogP contribution is -2.31. The summed E-state index contributed by atoms with van der Waals surface area (Å²) in [4.78, 5) is 14.8. The number of carbonyl (C=O) groups is 1. The number of nitrogens with zero attached hydrogens (tertiary/aromatic N) is 1.